The molecule has 1 saturated heterocycles. The fourth-order valence-corrected chi connectivity index (χ4v) is 2.38. The van der Waals surface area contributed by atoms with Crippen LogP contribution in [-0.4, -0.2) is 24.1 Å². The van der Waals surface area contributed by atoms with E-state index < -0.39 is 11.6 Å². The number of halogens is 2. The minimum absolute atomic E-state index is 0.0707. The summed E-state index contributed by atoms with van der Waals surface area (Å²) in [5.41, 5.74) is 0. The number of nitrogens with zero attached hydrogens (tertiary/aromatic N) is 1. The van der Waals surface area contributed by atoms with Gasteiger partial charge in [0, 0.05) is 25.2 Å². The molecule has 1 fully saturated rings. The second-order valence-corrected chi connectivity index (χ2v) is 5.43. The third-order valence-electron chi connectivity index (χ3n) is 3.71. The molecule has 0 bridgehead atoms. The average molecular weight is 334 g/mol. The van der Waals surface area contributed by atoms with E-state index in [1.165, 1.54) is 12.3 Å². The van der Waals surface area contributed by atoms with Crippen molar-refractivity contribution >= 4 is 11.7 Å². The number of carbonyl (C=O) groups is 1. The standard InChI is InChI=1S/C17H16F2N2O3/c18-14-3-1-12(9-15(14)19)24-13-2-4-16(20-10-13)21-17(22)11-5-7-23-8-6-11/h1-4,9-11H,5-8H2,(H,20,21,22). The molecule has 1 aromatic heterocycles. The quantitative estimate of drug-likeness (QED) is 0.929. The van der Waals surface area contributed by atoms with Crippen molar-refractivity contribution in [2.45, 2.75) is 12.8 Å². The molecule has 3 rings (SSSR count). The van der Waals surface area contributed by atoms with Crippen LogP contribution >= 0.6 is 0 Å². The molecule has 7 heteroatoms. The van der Waals surface area contributed by atoms with Crippen LogP contribution in [0.3, 0.4) is 0 Å². The normalized spacial score (nSPS) is 15.1. The van der Waals surface area contributed by atoms with E-state index in [2.05, 4.69) is 10.3 Å². The van der Waals surface area contributed by atoms with Gasteiger partial charge in [-0.05, 0) is 37.1 Å². The van der Waals surface area contributed by atoms with E-state index in [1.54, 1.807) is 12.1 Å². The van der Waals surface area contributed by atoms with E-state index in [0.717, 1.165) is 12.1 Å². The second-order valence-electron chi connectivity index (χ2n) is 5.43. The Balaban J connectivity index is 1.60. The Hall–Kier alpha value is -2.54. The molecule has 0 saturated carbocycles. The molecule has 1 aliphatic rings. The molecule has 126 valence electrons. The van der Waals surface area contributed by atoms with Crippen molar-refractivity contribution in [2.75, 3.05) is 18.5 Å². The first-order chi connectivity index (χ1) is 11.6. The zero-order valence-electron chi connectivity index (χ0n) is 12.8. The molecule has 24 heavy (non-hydrogen) atoms. The summed E-state index contributed by atoms with van der Waals surface area (Å²) in [5.74, 6) is -1.16. The first kappa shape index (κ1) is 16.3. The number of nitrogens with one attached hydrogen (secondary N) is 1. The highest BCUT2D eigenvalue weighted by molar-refractivity contribution is 5.91. The summed E-state index contributed by atoms with van der Waals surface area (Å²) in [6.07, 6.45) is 2.80. The number of anilines is 1. The molecule has 0 spiro atoms. The monoisotopic (exact) mass is 334 g/mol. The minimum Gasteiger partial charge on any atom is -0.456 e. The van der Waals surface area contributed by atoms with Gasteiger partial charge in [0.1, 0.15) is 17.3 Å². The number of hydrogen-bond acceptors (Lipinski definition) is 4. The first-order valence-corrected chi connectivity index (χ1v) is 7.59. The topological polar surface area (TPSA) is 60.5 Å². The van der Waals surface area contributed by atoms with Crippen molar-refractivity contribution in [1.82, 2.24) is 4.98 Å². The van der Waals surface area contributed by atoms with Gasteiger partial charge >= 0.3 is 0 Å². The van der Waals surface area contributed by atoms with Gasteiger partial charge in [0.25, 0.3) is 0 Å². The molecule has 0 radical (unpaired) electrons. The van der Waals surface area contributed by atoms with Crippen LogP contribution in [0.25, 0.3) is 0 Å². The van der Waals surface area contributed by atoms with Gasteiger partial charge in [-0.3, -0.25) is 4.79 Å². The zero-order chi connectivity index (χ0) is 16.9. The minimum atomic E-state index is -0.985. The molecule has 2 aromatic rings. The maximum atomic E-state index is 13.1. The highest BCUT2D eigenvalue weighted by Crippen LogP contribution is 2.24. The Morgan fingerprint density at radius 2 is 1.88 bits per heavy atom. The summed E-state index contributed by atoms with van der Waals surface area (Å²) < 4.78 is 36.6. The third-order valence-corrected chi connectivity index (χ3v) is 3.71. The lowest BCUT2D eigenvalue weighted by atomic mass is 9.99. The van der Waals surface area contributed by atoms with Gasteiger partial charge in [0.05, 0.1) is 6.20 Å². The van der Waals surface area contributed by atoms with E-state index >= 15 is 0 Å². The molecule has 5 nitrogen and oxygen atoms in total. The number of ether oxygens (including phenoxy) is 2. The van der Waals surface area contributed by atoms with Gasteiger partial charge in [-0.25, -0.2) is 13.8 Å². The summed E-state index contributed by atoms with van der Waals surface area (Å²) in [6.45, 7) is 1.18. The maximum Gasteiger partial charge on any atom is 0.228 e. The predicted octanol–water partition coefficient (Wildman–Crippen LogP) is 3.52. The lowest BCUT2D eigenvalue weighted by molar-refractivity contribution is -0.122. The zero-order valence-corrected chi connectivity index (χ0v) is 12.8. The Kier molecular flexibility index (Phi) is 5.00. The largest absolute Gasteiger partial charge is 0.456 e. The summed E-state index contributed by atoms with van der Waals surface area (Å²) in [6, 6.07) is 6.44. The van der Waals surface area contributed by atoms with Crippen molar-refractivity contribution in [3.63, 3.8) is 0 Å². The van der Waals surface area contributed by atoms with Crippen LogP contribution in [0.4, 0.5) is 14.6 Å². The van der Waals surface area contributed by atoms with Crippen LogP contribution in [0.5, 0.6) is 11.5 Å². The van der Waals surface area contributed by atoms with Crippen LogP contribution < -0.4 is 10.1 Å². The predicted molar refractivity (Wildman–Crippen MR) is 82.8 cm³/mol. The van der Waals surface area contributed by atoms with E-state index in [-0.39, 0.29) is 17.6 Å². The van der Waals surface area contributed by atoms with Crippen molar-refractivity contribution in [2.24, 2.45) is 5.92 Å². The van der Waals surface area contributed by atoms with Crippen LogP contribution in [0.2, 0.25) is 0 Å². The first-order valence-electron chi connectivity index (χ1n) is 7.59. The number of benzene rings is 1. The number of rotatable bonds is 4. The van der Waals surface area contributed by atoms with Crippen molar-refractivity contribution < 1.29 is 23.0 Å². The van der Waals surface area contributed by atoms with Gasteiger partial charge in [-0.1, -0.05) is 0 Å². The molecule has 0 aliphatic carbocycles. The summed E-state index contributed by atoms with van der Waals surface area (Å²) in [4.78, 5) is 16.2. The molecule has 1 N–H and O–H groups in total. The number of carbonyl (C=O) groups excluding carboxylic acids is 1. The average Bonchev–Trinajstić information content (AvgIpc) is 2.61. The fraction of sp³-hybridized carbons (Fsp3) is 0.294. The van der Waals surface area contributed by atoms with Gasteiger partial charge in [-0.2, -0.15) is 0 Å². The molecule has 1 aliphatic heterocycles. The SMILES string of the molecule is O=C(Nc1ccc(Oc2ccc(F)c(F)c2)cn1)C1CCOCC1. The van der Waals surface area contributed by atoms with E-state index in [9.17, 15) is 13.6 Å². The van der Waals surface area contributed by atoms with E-state index in [1.807, 2.05) is 0 Å². The highest BCUT2D eigenvalue weighted by atomic mass is 19.2. The number of hydrogen-bond donors (Lipinski definition) is 1. The van der Waals surface area contributed by atoms with Gasteiger partial charge in [-0.15, -0.1) is 0 Å². The van der Waals surface area contributed by atoms with Crippen molar-refractivity contribution in [1.29, 1.82) is 0 Å². The second kappa shape index (κ2) is 7.35. The molecular weight excluding hydrogens is 318 g/mol. The van der Waals surface area contributed by atoms with Crippen LogP contribution in [0.15, 0.2) is 36.5 Å². The molecule has 0 atom stereocenters. The van der Waals surface area contributed by atoms with Crippen molar-refractivity contribution in [3.8, 4) is 11.5 Å². The van der Waals surface area contributed by atoms with Gasteiger partial charge in [0.2, 0.25) is 5.91 Å². The van der Waals surface area contributed by atoms with Crippen LogP contribution in [0, 0.1) is 17.6 Å². The van der Waals surface area contributed by atoms with Crippen molar-refractivity contribution in [3.05, 3.63) is 48.2 Å². The van der Waals surface area contributed by atoms with Crippen LogP contribution in [-0.2, 0) is 9.53 Å². The fourth-order valence-electron chi connectivity index (χ4n) is 2.38. The lowest BCUT2D eigenvalue weighted by Gasteiger charge is -2.20. The molecule has 1 aromatic carbocycles. The van der Waals surface area contributed by atoms with E-state index in [0.29, 0.717) is 37.6 Å². The summed E-state index contributed by atoms with van der Waals surface area (Å²) >= 11 is 0. The maximum absolute atomic E-state index is 13.1. The summed E-state index contributed by atoms with van der Waals surface area (Å²) in [5, 5.41) is 2.75. The molecular formula is C17H16F2N2O3. The lowest BCUT2D eigenvalue weighted by Crippen LogP contribution is -2.28. The Morgan fingerprint density at radius 3 is 2.54 bits per heavy atom. The van der Waals surface area contributed by atoms with Crippen LogP contribution in [0.1, 0.15) is 12.8 Å². The molecule has 0 unspecified atom stereocenters. The Morgan fingerprint density at radius 1 is 1.12 bits per heavy atom. The smallest absolute Gasteiger partial charge is 0.228 e. The Bertz CT molecular complexity index is 716. The molecule has 2 heterocycles. The molecule has 1 amide bonds. The number of amides is 1. The third kappa shape index (κ3) is 4.05. The summed E-state index contributed by atoms with van der Waals surface area (Å²) in [7, 11) is 0. The van der Waals surface area contributed by atoms with E-state index in [4.69, 9.17) is 9.47 Å². The number of aromatic nitrogens is 1. The Labute approximate surface area is 137 Å². The number of pyridine rings is 1. The van der Waals surface area contributed by atoms with Gasteiger partial charge in [0.15, 0.2) is 11.6 Å². The highest BCUT2D eigenvalue weighted by Gasteiger charge is 2.21. The van der Waals surface area contributed by atoms with Gasteiger partial charge < -0.3 is 14.8 Å².